The Labute approximate surface area is 132 Å². The minimum atomic E-state index is -0.499. The van der Waals surface area contributed by atoms with Crippen LogP contribution in [-0.4, -0.2) is 24.2 Å². The summed E-state index contributed by atoms with van der Waals surface area (Å²) in [7, 11) is 0. The highest BCUT2D eigenvalue weighted by Crippen LogP contribution is 2.37. The Morgan fingerprint density at radius 1 is 1.17 bits per heavy atom. The maximum absolute atomic E-state index is 11.4. The van der Waals surface area contributed by atoms with Crippen molar-refractivity contribution in [1.82, 2.24) is 10.3 Å². The van der Waals surface area contributed by atoms with Crippen LogP contribution in [-0.2, 0) is 6.54 Å². The highest BCUT2D eigenvalue weighted by molar-refractivity contribution is 5.82. The van der Waals surface area contributed by atoms with Crippen molar-refractivity contribution in [2.45, 2.75) is 12.6 Å². The molecule has 3 aromatic rings. The van der Waals surface area contributed by atoms with Crippen molar-refractivity contribution in [2.24, 2.45) is 0 Å². The van der Waals surface area contributed by atoms with Crippen LogP contribution in [0.1, 0.15) is 5.56 Å². The summed E-state index contributed by atoms with van der Waals surface area (Å²) >= 11 is 0. The molecule has 6 heteroatoms. The summed E-state index contributed by atoms with van der Waals surface area (Å²) in [5.41, 5.74) is 2.22. The molecule has 1 aromatic heterocycles. The summed E-state index contributed by atoms with van der Waals surface area (Å²) in [5, 5.41) is 3.35. The van der Waals surface area contributed by atoms with Gasteiger partial charge in [-0.3, -0.25) is 4.98 Å². The molecule has 4 rings (SSSR count). The van der Waals surface area contributed by atoms with Crippen LogP contribution in [0.15, 0.2) is 51.7 Å². The zero-order valence-corrected chi connectivity index (χ0v) is 12.4. The minimum Gasteiger partial charge on any atom is -0.486 e. The van der Waals surface area contributed by atoms with Gasteiger partial charge in [0, 0.05) is 13.1 Å². The van der Waals surface area contributed by atoms with Crippen LogP contribution >= 0.6 is 0 Å². The number of benzene rings is 2. The summed E-state index contributed by atoms with van der Waals surface area (Å²) in [6.07, 6.45) is -0.142. The molecule has 2 heterocycles. The maximum Gasteiger partial charge on any atom is 0.417 e. The van der Waals surface area contributed by atoms with Gasteiger partial charge in [-0.15, -0.1) is 0 Å². The second-order valence-electron chi connectivity index (χ2n) is 5.45. The zero-order chi connectivity index (χ0) is 15.6. The Bertz CT molecular complexity index is 869. The molecule has 0 aliphatic carbocycles. The summed E-state index contributed by atoms with van der Waals surface area (Å²) in [6, 6.07) is 13.7. The van der Waals surface area contributed by atoms with E-state index in [0.717, 1.165) is 6.54 Å². The summed E-state index contributed by atoms with van der Waals surface area (Å²) in [4.78, 5) is 14.0. The number of ether oxygens (including phenoxy) is 2. The van der Waals surface area contributed by atoms with E-state index < -0.39 is 5.76 Å². The van der Waals surface area contributed by atoms with E-state index in [1.54, 1.807) is 12.1 Å². The molecule has 0 bridgehead atoms. The van der Waals surface area contributed by atoms with Crippen LogP contribution in [0.4, 0.5) is 0 Å². The van der Waals surface area contributed by atoms with Gasteiger partial charge >= 0.3 is 5.76 Å². The molecule has 0 spiro atoms. The van der Waals surface area contributed by atoms with E-state index in [9.17, 15) is 4.79 Å². The molecular weight excluding hydrogens is 296 g/mol. The fourth-order valence-electron chi connectivity index (χ4n) is 2.66. The van der Waals surface area contributed by atoms with E-state index in [2.05, 4.69) is 22.4 Å². The Morgan fingerprint density at radius 2 is 2.04 bits per heavy atom. The first-order chi connectivity index (χ1) is 11.3. The molecule has 23 heavy (non-hydrogen) atoms. The summed E-state index contributed by atoms with van der Waals surface area (Å²) < 4.78 is 16.8. The second-order valence-corrected chi connectivity index (χ2v) is 5.45. The van der Waals surface area contributed by atoms with Crippen molar-refractivity contribution in [3.63, 3.8) is 0 Å². The van der Waals surface area contributed by atoms with E-state index in [0.29, 0.717) is 35.8 Å². The molecule has 0 fully saturated rings. The fraction of sp³-hybridized carbons (Fsp3) is 0.235. The van der Waals surface area contributed by atoms with Gasteiger partial charge in [-0.05, 0) is 17.7 Å². The number of hydrogen-bond acceptors (Lipinski definition) is 5. The lowest BCUT2D eigenvalue weighted by Gasteiger charge is -2.26. The number of oxazole rings is 1. The lowest BCUT2D eigenvalue weighted by atomic mass is 10.2. The van der Waals surface area contributed by atoms with Gasteiger partial charge < -0.3 is 19.2 Å². The first-order valence-electron chi connectivity index (χ1n) is 7.49. The Morgan fingerprint density at radius 3 is 2.91 bits per heavy atom. The number of rotatable bonds is 4. The number of hydrogen-bond donors (Lipinski definition) is 2. The normalized spacial score (nSPS) is 16.6. The predicted octanol–water partition coefficient (Wildman–Crippen LogP) is 2.05. The molecule has 0 radical (unpaired) electrons. The molecule has 1 unspecified atom stereocenters. The average molecular weight is 312 g/mol. The van der Waals surface area contributed by atoms with Gasteiger partial charge in [0.2, 0.25) is 11.3 Å². The van der Waals surface area contributed by atoms with Crippen molar-refractivity contribution in [1.29, 1.82) is 0 Å². The topological polar surface area (TPSA) is 76.5 Å². The Hall–Kier alpha value is -2.73. The molecular formula is C17H16N2O4. The zero-order valence-electron chi connectivity index (χ0n) is 12.4. The smallest absolute Gasteiger partial charge is 0.417 e. The largest absolute Gasteiger partial charge is 0.486 e. The van der Waals surface area contributed by atoms with Crippen molar-refractivity contribution in [2.75, 3.05) is 13.2 Å². The van der Waals surface area contributed by atoms with Crippen LogP contribution in [0.3, 0.4) is 0 Å². The molecule has 2 aromatic carbocycles. The van der Waals surface area contributed by atoms with E-state index in [-0.39, 0.29) is 6.10 Å². The molecule has 1 atom stereocenters. The van der Waals surface area contributed by atoms with Gasteiger partial charge in [-0.1, -0.05) is 30.3 Å². The standard InChI is InChI=1S/C17H16N2O4/c20-17-19-13-6-7-14-16(15(13)23-17)22-12(10-21-14)9-18-8-11-4-2-1-3-5-11/h1-7,12,18H,8-10H2,(H,19,20). The molecule has 0 amide bonds. The average Bonchev–Trinajstić information content (AvgIpc) is 2.97. The lowest BCUT2D eigenvalue weighted by Crippen LogP contribution is -2.38. The van der Waals surface area contributed by atoms with Crippen LogP contribution in [0.5, 0.6) is 11.5 Å². The minimum absolute atomic E-state index is 0.142. The number of aromatic nitrogens is 1. The van der Waals surface area contributed by atoms with Crippen LogP contribution in [0.2, 0.25) is 0 Å². The van der Waals surface area contributed by atoms with Crippen molar-refractivity contribution >= 4 is 11.1 Å². The number of aromatic amines is 1. The summed E-state index contributed by atoms with van der Waals surface area (Å²) in [5.74, 6) is 0.583. The van der Waals surface area contributed by atoms with Gasteiger partial charge in [0.05, 0.1) is 5.52 Å². The molecule has 1 aliphatic heterocycles. The van der Waals surface area contributed by atoms with Gasteiger partial charge in [0.25, 0.3) is 0 Å². The van der Waals surface area contributed by atoms with E-state index in [1.165, 1.54) is 5.56 Å². The highest BCUT2D eigenvalue weighted by atomic mass is 16.6. The molecule has 0 saturated carbocycles. The van der Waals surface area contributed by atoms with Gasteiger partial charge in [-0.25, -0.2) is 4.79 Å². The predicted molar refractivity (Wildman–Crippen MR) is 84.9 cm³/mol. The number of nitrogens with one attached hydrogen (secondary N) is 2. The molecule has 1 aliphatic rings. The molecule has 0 saturated heterocycles. The molecule has 2 N–H and O–H groups in total. The van der Waals surface area contributed by atoms with Crippen molar-refractivity contribution in [3.8, 4) is 11.5 Å². The van der Waals surface area contributed by atoms with E-state index in [4.69, 9.17) is 13.9 Å². The summed E-state index contributed by atoms with van der Waals surface area (Å²) in [6.45, 7) is 1.85. The number of H-pyrrole nitrogens is 1. The Balaban J connectivity index is 1.45. The van der Waals surface area contributed by atoms with Crippen molar-refractivity contribution in [3.05, 3.63) is 58.6 Å². The third-order valence-electron chi connectivity index (χ3n) is 3.76. The maximum atomic E-state index is 11.4. The second kappa shape index (κ2) is 5.81. The molecule has 118 valence electrons. The Kier molecular flexibility index (Phi) is 3.51. The van der Waals surface area contributed by atoms with E-state index in [1.807, 2.05) is 18.2 Å². The lowest BCUT2D eigenvalue weighted by molar-refractivity contribution is 0.0908. The van der Waals surface area contributed by atoms with Crippen LogP contribution < -0.4 is 20.5 Å². The van der Waals surface area contributed by atoms with Crippen LogP contribution in [0, 0.1) is 0 Å². The number of fused-ring (bicyclic) bond motifs is 3. The van der Waals surface area contributed by atoms with E-state index >= 15 is 0 Å². The third kappa shape index (κ3) is 2.80. The first kappa shape index (κ1) is 13.9. The SMILES string of the molecule is O=c1[nH]c2ccc3c(c2o1)OC(CNCc1ccccc1)CO3. The quantitative estimate of drug-likeness (QED) is 0.771. The fourth-order valence-corrected chi connectivity index (χ4v) is 2.66. The first-order valence-corrected chi connectivity index (χ1v) is 7.49. The van der Waals surface area contributed by atoms with Gasteiger partial charge in [-0.2, -0.15) is 0 Å². The van der Waals surface area contributed by atoms with Gasteiger partial charge in [0.1, 0.15) is 12.7 Å². The molecule has 6 nitrogen and oxygen atoms in total. The highest BCUT2D eigenvalue weighted by Gasteiger charge is 2.25. The van der Waals surface area contributed by atoms with Crippen molar-refractivity contribution < 1.29 is 13.9 Å². The van der Waals surface area contributed by atoms with Crippen LogP contribution in [0.25, 0.3) is 11.1 Å². The van der Waals surface area contributed by atoms with Gasteiger partial charge in [0.15, 0.2) is 5.75 Å². The monoisotopic (exact) mass is 312 g/mol. The third-order valence-corrected chi connectivity index (χ3v) is 3.76.